The maximum Gasteiger partial charge on any atom is 0.397 e. The minimum absolute atomic E-state index is 0.0983. The van der Waals surface area contributed by atoms with E-state index in [1.54, 1.807) is 13.8 Å². The number of nitrogens with one attached hydrogen (secondary N) is 1. The summed E-state index contributed by atoms with van der Waals surface area (Å²) in [5.74, 6) is -2.47. The van der Waals surface area contributed by atoms with Crippen molar-refractivity contribution in [2.24, 2.45) is 0 Å². The summed E-state index contributed by atoms with van der Waals surface area (Å²) in [5, 5.41) is 3.20. The Bertz CT molecular complexity index is 579. The van der Waals surface area contributed by atoms with Crippen molar-refractivity contribution in [2.45, 2.75) is 20.3 Å². The molecule has 8 heteroatoms. The molecule has 7 nitrogen and oxygen atoms in total. The number of carbonyl (C=O) groups excluding carboxylic acids is 3. The Labute approximate surface area is 125 Å². The third kappa shape index (κ3) is 3.15. The second-order valence-corrected chi connectivity index (χ2v) is 5.05. The summed E-state index contributed by atoms with van der Waals surface area (Å²) in [6.45, 7) is 4.09. The maximum absolute atomic E-state index is 12.0. The predicted molar refractivity (Wildman–Crippen MR) is 74.7 cm³/mol. The van der Waals surface area contributed by atoms with Crippen molar-refractivity contribution >= 4 is 34.2 Å². The van der Waals surface area contributed by atoms with Crippen molar-refractivity contribution in [3.05, 3.63) is 11.1 Å². The largest absolute Gasteiger partial charge is 0.483 e. The molecule has 2 rings (SSSR count). The summed E-state index contributed by atoms with van der Waals surface area (Å²) in [6, 6.07) is 0. The van der Waals surface area contributed by atoms with E-state index in [0.29, 0.717) is 23.7 Å². The number of rotatable bonds is 4. The van der Waals surface area contributed by atoms with Gasteiger partial charge in [-0.05, 0) is 13.8 Å². The van der Waals surface area contributed by atoms with Crippen LogP contribution in [0.3, 0.4) is 0 Å². The van der Waals surface area contributed by atoms with Gasteiger partial charge < -0.3 is 19.5 Å². The Kier molecular flexibility index (Phi) is 4.79. The van der Waals surface area contributed by atoms with Crippen LogP contribution in [0.15, 0.2) is 0 Å². The molecule has 21 heavy (non-hydrogen) atoms. The topological polar surface area (TPSA) is 90.9 Å². The van der Waals surface area contributed by atoms with Gasteiger partial charge in [-0.2, -0.15) is 0 Å². The molecule has 1 N–H and O–H groups in total. The quantitative estimate of drug-likeness (QED) is 0.666. The van der Waals surface area contributed by atoms with Gasteiger partial charge >= 0.3 is 17.8 Å². The van der Waals surface area contributed by atoms with E-state index >= 15 is 0 Å². The highest BCUT2D eigenvalue weighted by Gasteiger charge is 2.30. The van der Waals surface area contributed by atoms with Crippen LogP contribution >= 0.6 is 11.3 Å². The highest BCUT2D eigenvalue weighted by atomic mass is 32.1. The van der Waals surface area contributed by atoms with Crippen LogP contribution in [-0.2, 0) is 25.5 Å². The molecular formula is C13H15NO6S. The zero-order valence-electron chi connectivity index (χ0n) is 11.7. The second kappa shape index (κ2) is 6.57. The summed E-state index contributed by atoms with van der Waals surface area (Å²) in [6.07, 6.45) is 0.565. The van der Waals surface area contributed by atoms with Crippen molar-refractivity contribution in [1.82, 2.24) is 0 Å². The molecule has 0 spiro atoms. The van der Waals surface area contributed by atoms with Crippen molar-refractivity contribution in [2.75, 3.05) is 25.1 Å². The monoisotopic (exact) mass is 313 g/mol. The van der Waals surface area contributed by atoms with E-state index in [2.05, 4.69) is 10.1 Å². The Morgan fingerprint density at radius 3 is 2.62 bits per heavy atom. The first-order chi connectivity index (χ1) is 10.1. The van der Waals surface area contributed by atoms with E-state index in [-0.39, 0.29) is 23.8 Å². The Balaban J connectivity index is 2.25. The fraction of sp³-hybridized carbons (Fsp3) is 0.462. The van der Waals surface area contributed by atoms with Crippen molar-refractivity contribution < 1.29 is 28.6 Å². The standard InChI is InChI=1S/C13H15NO6S/c1-3-18-11(16)8-7-5-6-20-13(7)21-10(8)14-9(15)12(17)19-4-2/h3-6H2,1-2H3,(H,14,15). The summed E-state index contributed by atoms with van der Waals surface area (Å²) in [5.41, 5.74) is 0.963. The lowest BCUT2D eigenvalue weighted by molar-refractivity contribution is -0.152. The van der Waals surface area contributed by atoms with Gasteiger partial charge in [0.25, 0.3) is 0 Å². The van der Waals surface area contributed by atoms with Gasteiger partial charge in [0.2, 0.25) is 0 Å². The molecule has 0 radical (unpaired) electrons. The smallest absolute Gasteiger partial charge is 0.397 e. The molecule has 0 unspecified atom stereocenters. The van der Waals surface area contributed by atoms with Crippen LogP contribution in [0, 0.1) is 0 Å². The molecule has 0 saturated carbocycles. The molecule has 0 atom stereocenters. The average molecular weight is 313 g/mol. The van der Waals surface area contributed by atoms with Crippen LogP contribution in [0.5, 0.6) is 5.06 Å². The van der Waals surface area contributed by atoms with E-state index in [0.717, 1.165) is 11.3 Å². The SMILES string of the molecule is CCOC(=O)C(=O)Nc1sc2c(c1C(=O)OCC)CCO2. The molecule has 1 aromatic rings. The van der Waals surface area contributed by atoms with Gasteiger partial charge in [0.05, 0.1) is 19.8 Å². The number of hydrogen-bond acceptors (Lipinski definition) is 7. The molecule has 0 saturated heterocycles. The van der Waals surface area contributed by atoms with Gasteiger partial charge in [-0.15, -0.1) is 0 Å². The van der Waals surface area contributed by atoms with E-state index in [4.69, 9.17) is 9.47 Å². The van der Waals surface area contributed by atoms with Gasteiger partial charge in [-0.1, -0.05) is 11.3 Å². The van der Waals surface area contributed by atoms with Crippen LogP contribution in [0.25, 0.3) is 0 Å². The second-order valence-electron chi connectivity index (χ2n) is 4.07. The lowest BCUT2D eigenvalue weighted by atomic mass is 10.1. The first-order valence-corrected chi connectivity index (χ1v) is 7.33. The normalized spacial score (nSPS) is 12.3. The lowest BCUT2D eigenvalue weighted by Gasteiger charge is -2.06. The number of anilines is 1. The zero-order chi connectivity index (χ0) is 15.4. The number of esters is 2. The third-order valence-electron chi connectivity index (χ3n) is 2.72. The van der Waals surface area contributed by atoms with E-state index in [1.807, 2.05) is 0 Å². The number of thiophene rings is 1. The minimum Gasteiger partial charge on any atom is -0.483 e. The summed E-state index contributed by atoms with van der Waals surface area (Å²) < 4.78 is 15.0. The third-order valence-corrected chi connectivity index (χ3v) is 3.78. The van der Waals surface area contributed by atoms with Gasteiger partial charge in [0.1, 0.15) is 10.6 Å². The average Bonchev–Trinajstić information content (AvgIpc) is 2.99. The van der Waals surface area contributed by atoms with Crippen LogP contribution in [0.4, 0.5) is 5.00 Å². The highest BCUT2D eigenvalue weighted by Crippen LogP contribution is 2.43. The molecule has 0 bridgehead atoms. The van der Waals surface area contributed by atoms with E-state index in [9.17, 15) is 14.4 Å². The molecule has 0 fully saturated rings. The van der Waals surface area contributed by atoms with Gasteiger partial charge in [0.15, 0.2) is 5.06 Å². The molecular weight excluding hydrogens is 298 g/mol. The molecule has 1 amide bonds. The summed E-state index contributed by atoms with van der Waals surface area (Å²) in [7, 11) is 0. The zero-order valence-corrected chi connectivity index (χ0v) is 12.5. The van der Waals surface area contributed by atoms with Crippen LogP contribution in [0.2, 0.25) is 0 Å². The van der Waals surface area contributed by atoms with Crippen molar-refractivity contribution in [3.8, 4) is 5.06 Å². The highest BCUT2D eigenvalue weighted by molar-refractivity contribution is 7.18. The van der Waals surface area contributed by atoms with Crippen LogP contribution in [0.1, 0.15) is 29.8 Å². The molecule has 0 aromatic carbocycles. The summed E-state index contributed by atoms with van der Waals surface area (Å²) in [4.78, 5) is 35.1. The number of carbonyl (C=O) groups is 3. The lowest BCUT2D eigenvalue weighted by Crippen LogP contribution is -2.25. The Hall–Kier alpha value is -2.09. The minimum atomic E-state index is -0.998. The van der Waals surface area contributed by atoms with Gasteiger partial charge in [-0.25, -0.2) is 9.59 Å². The first kappa shape index (κ1) is 15.3. The van der Waals surface area contributed by atoms with Crippen LogP contribution < -0.4 is 10.1 Å². The number of amides is 1. The maximum atomic E-state index is 12.0. The van der Waals surface area contributed by atoms with Crippen molar-refractivity contribution in [3.63, 3.8) is 0 Å². The molecule has 1 aromatic heterocycles. The Morgan fingerprint density at radius 1 is 1.24 bits per heavy atom. The molecule has 1 aliphatic rings. The number of hydrogen-bond donors (Lipinski definition) is 1. The fourth-order valence-electron chi connectivity index (χ4n) is 1.89. The van der Waals surface area contributed by atoms with Gasteiger partial charge in [-0.3, -0.25) is 4.79 Å². The molecule has 2 heterocycles. The number of fused-ring (bicyclic) bond motifs is 1. The fourth-order valence-corrected chi connectivity index (χ4v) is 3.00. The van der Waals surface area contributed by atoms with E-state index in [1.165, 1.54) is 0 Å². The van der Waals surface area contributed by atoms with Gasteiger partial charge in [0, 0.05) is 12.0 Å². The summed E-state index contributed by atoms with van der Waals surface area (Å²) >= 11 is 1.10. The molecule has 114 valence electrons. The Morgan fingerprint density at radius 2 is 1.95 bits per heavy atom. The van der Waals surface area contributed by atoms with Crippen LogP contribution in [-0.4, -0.2) is 37.7 Å². The molecule has 1 aliphatic heterocycles. The molecule has 0 aliphatic carbocycles. The predicted octanol–water partition coefficient (Wildman–Crippen LogP) is 1.36. The number of ether oxygens (including phenoxy) is 3. The first-order valence-electron chi connectivity index (χ1n) is 6.52. The van der Waals surface area contributed by atoms with E-state index < -0.39 is 17.8 Å². The van der Waals surface area contributed by atoms with Crippen molar-refractivity contribution in [1.29, 1.82) is 0 Å².